The van der Waals surface area contributed by atoms with Gasteiger partial charge in [0.25, 0.3) is 0 Å². The lowest BCUT2D eigenvalue weighted by Crippen LogP contribution is -2.28. The number of hydrogen-bond acceptors (Lipinski definition) is 1. The molecule has 0 bridgehead atoms. The third-order valence-corrected chi connectivity index (χ3v) is 7.51. The van der Waals surface area contributed by atoms with Gasteiger partial charge in [0.1, 0.15) is 0 Å². The second kappa shape index (κ2) is 6.68. The second-order valence-corrected chi connectivity index (χ2v) is 10.6. The molecule has 1 heteroatoms. The Hall–Kier alpha value is -2.64. The van der Waals surface area contributed by atoms with Crippen molar-refractivity contribution in [2.75, 3.05) is 0 Å². The average Bonchev–Trinajstić information content (AvgIpc) is 3.32. The summed E-state index contributed by atoms with van der Waals surface area (Å²) in [7, 11) is 0. The first-order valence-corrected chi connectivity index (χ1v) is 11.6. The van der Waals surface area contributed by atoms with Crippen LogP contribution >= 0.6 is 11.3 Å². The Bertz CT molecular complexity index is 1170. The SMILES string of the molecule is Cc1ccc2c(c1)C(c1ccc(C(C)(C)C)cc1)(c1cccs1)c1cc(C)ccc1-2. The third-order valence-electron chi connectivity index (χ3n) is 6.52. The van der Waals surface area contributed by atoms with E-state index in [0.717, 1.165) is 0 Å². The predicted molar refractivity (Wildman–Crippen MR) is 130 cm³/mol. The van der Waals surface area contributed by atoms with E-state index in [-0.39, 0.29) is 10.8 Å². The van der Waals surface area contributed by atoms with Crippen molar-refractivity contribution in [2.45, 2.75) is 45.4 Å². The highest BCUT2D eigenvalue weighted by molar-refractivity contribution is 7.10. The fourth-order valence-electron chi connectivity index (χ4n) is 4.98. The summed E-state index contributed by atoms with van der Waals surface area (Å²) in [5.74, 6) is 0. The molecule has 1 heterocycles. The van der Waals surface area contributed by atoms with Crippen molar-refractivity contribution in [3.8, 4) is 11.1 Å². The van der Waals surface area contributed by atoms with Crippen molar-refractivity contribution in [3.05, 3.63) is 116 Å². The van der Waals surface area contributed by atoms with Gasteiger partial charge in [0.2, 0.25) is 0 Å². The summed E-state index contributed by atoms with van der Waals surface area (Å²) >= 11 is 1.86. The highest BCUT2D eigenvalue weighted by atomic mass is 32.1. The Morgan fingerprint density at radius 2 is 1.27 bits per heavy atom. The summed E-state index contributed by atoms with van der Waals surface area (Å²) < 4.78 is 0. The molecule has 30 heavy (non-hydrogen) atoms. The van der Waals surface area contributed by atoms with Crippen LogP contribution in [0.5, 0.6) is 0 Å². The number of rotatable bonds is 2. The van der Waals surface area contributed by atoms with Gasteiger partial charge in [0.05, 0.1) is 5.41 Å². The molecule has 150 valence electrons. The van der Waals surface area contributed by atoms with Gasteiger partial charge in [-0.3, -0.25) is 0 Å². The van der Waals surface area contributed by atoms with Crippen molar-refractivity contribution < 1.29 is 0 Å². The van der Waals surface area contributed by atoms with E-state index in [4.69, 9.17) is 0 Å². The Morgan fingerprint density at radius 1 is 0.700 bits per heavy atom. The maximum absolute atomic E-state index is 2.40. The van der Waals surface area contributed by atoms with Crippen LogP contribution in [-0.2, 0) is 10.8 Å². The molecular formula is C29H28S. The van der Waals surface area contributed by atoms with Crippen molar-refractivity contribution in [2.24, 2.45) is 0 Å². The maximum Gasteiger partial charge on any atom is 0.0806 e. The van der Waals surface area contributed by atoms with E-state index in [0.29, 0.717) is 0 Å². The molecule has 0 fully saturated rings. The number of thiophene rings is 1. The summed E-state index contributed by atoms with van der Waals surface area (Å²) in [6.07, 6.45) is 0. The van der Waals surface area contributed by atoms with Crippen LogP contribution in [-0.4, -0.2) is 0 Å². The lowest BCUT2D eigenvalue weighted by Gasteiger charge is -2.33. The van der Waals surface area contributed by atoms with Crippen LogP contribution in [0.15, 0.2) is 78.2 Å². The van der Waals surface area contributed by atoms with Crippen LogP contribution in [0.3, 0.4) is 0 Å². The maximum atomic E-state index is 2.40. The molecule has 0 saturated heterocycles. The molecule has 4 aromatic rings. The summed E-state index contributed by atoms with van der Waals surface area (Å²) in [5.41, 5.74) is 10.8. The predicted octanol–water partition coefficient (Wildman–Crippen LogP) is 8.03. The zero-order valence-electron chi connectivity index (χ0n) is 18.4. The van der Waals surface area contributed by atoms with E-state index in [1.807, 2.05) is 11.3 Å². The Balaban J connectivity index is 1.89. The zero-order valence-corrected chi connectivity index (χ0v) is 19.2. The summed E-state index contributed by atoms with van der Waals surface area (Å²) in [4.78, 5) is 1.39. The van der Waals surface area contributed by atoms with E-state index in [1.165, 1.54) is 49.4 Å². The van der Waals surface area contributed by atoms with Gasteiger partial charge in [0, 0.05) is 4.88 Å². The van der Waals surface area contributed by atoms with Gasteiger partial charge < -0.3 is 0 Å². The molecule has 0 N–H and O–H groups in total. The molecule has 0 spiro atoms. The normalized spacial score (nSPS) is 14.4. The average molecular weight is 409 g/mol. The summed E-state index contributed by atoms with van der Waals surface area (Å²) in [6, 6.07) is 27.8. The monoisotopic (exact) mass is 408 g/mol. The van der Waals surface area contributed by atoms with Crippen molar-refractivity contribution >= 4 is 11.3 Å². The van der Waals surface area contributed by atoms with Crippen LogP contribution < -0.4 is 0 Å². The lowest BCUT2D eigenvalue weighted by atomic mass is 9.70. The van der Waals surface area contributed by atoms with Gasteiger partial charge in [-0.25, -0.2) is 0 Å². The highest BCUT2D eigenvalue weighted by Crippen LogP contribution is 2.57. The Kier molecular flexibility index (Phi) is 4.31. The van der Waals surface area contributed by atoms with Gasteiger partial charge >= 0.3 is 0 Å². The summed E-state index contributed by atoms with van der Waals surface area (Å²) in [5, 5.41) is 2.21. The van der Waals surface area contributed by atoms with E-state index < -0.39 is 0 Å². The molecule has 0 unspecified atom stereocenters. The quantitative estimate of drug-likeness (QED) is 0.277. The van der Waals surface area contributed by atoms with Gasteiger partial charge in [-0.2, -0.15) is 0 Å². The highest BCUT2D eigenvalue weighted by Gasteiger charge is 2.47. The lowest BCUT2D eigenvalue weighted by molar-refractivity contribution is 0.589. The molecule has 5 rings (SSSR count). The summed E-state index contributed by atoms with van der Waals surface area (Å²) in [6.45, 7) is 11.3. The van der Waals surface area contributed by atoms with E-state index in [2.05, 4.69) is 113 Å². The van der Waals surface area contributed by atoms with Crippen molar-refractivity contribution in [1.82, 2.24) is 0 Å². The molecule has 0 saturated carbocycles. The molecular weight excluding hydrogens is 380 g/mol. The number of aryl methyl sites for hydroxylation is 2. The first-order valence-electron chi connectivity index (χ1n) is 10.7. The molecule has 0 amide bonds. The third kappa shape index (κ3) is 2.72. The topological polar surface area (TPSA) is 0 Å². The first-order chi connectivity index (χ1) is 14.3. The van der Waals surface area contributed by atoms with Crippen LogP contribution in [0, 0.1) is 13.8 Å². The molecule has 0 atom stereocenters. The van der Waals surface area contributed by atoms with Crippen LogP contribution in [0.1, 0.15) is 59.0 Å². The molecule has 3 aromatic carbocycles. The number of hydrogen-bond donors (Lipinski definition) is 0. The first kappa shape index (κ1) is 19.3. The second-order valence-electron chi connectivity index (χ2n) is 9.65. The van der Waals surface area contributed by atoms with Crippen LogP contribution in [0.2, 0.25) is 0 Å². The van der Waals surface area contributed by atoms with Gasteiger partial charge in [0.15, 0.2) is 0 Å². The minimum absolute atomic E-state index is 0.146. The van der Waals surface area contributed by atoms with Gasteiger partial charge in [-0.1, -0.05) is 98.6 Å². The fraction of sp³-hybridized carbons (Fsp3) is 0.241. The van der Waals surface area contributed by atoms with Gasteiger partial charge in [-0.15, -0.1) is 11.3 Å². The van der Waals surface area contributed by atoms with Crippen LogP contribution in [0.4, 0.5) is 0 Å². The molecule has 1 aromatic heterocycles. The molecule has 1 aliphatic carbocycles. The Labute approximate surface area is 184 Å². The minimum Gasteiger partial charge on any atom is -0.147 e. The smallest absolute Gasteiger partial charge is 0.0806 e. The van der Waals surface area contributed by atoms with E-state index >= 15 is 0 Å². The molecule has 0 aliphatic heterocycles. The minimum atomic E-state index is -0.257. The van der Waals surface area contributed by atoms with E-state index in [1.54, 1.807) is 0 Å². The molecule has 0 nitrogen and oxygen atoms in total. The molecule has 0 radical (unpaired) electrons. The molecule has 1 aliphatic rings. The van der Waals surface area contributed by atoms with Gasteiger partial charge in [-0.05, 0) is 64.1 Å². The number of fused-ring (bicyclic) bond motifs is 3. The zero-order chi connectivity index (χ0) is 21.1. The van der Waals surface area contributed by atoms with Crippen molar-refractivity contribution in [3.63, 3.8) is 0 Å². The number of benzene rings is 3. The Morgan fingerprint density at radius 3 is 1.73 bits per heavy atom. The van der Waals surface area contributed by atoms with E-state index in [9.17, 15) is 0 Å². The largest absolute Gasteiger partial charge is 0.147 e. The van der Waals surface area contributed by atoms with Crippen LogP contribution in [0.25, 0.3) is 11.1 Å². The van der Waals surface area contributed by atoms with Crippen molar-refractivity contribution in [1.29, 1.82) is 0 Å². The fourth-order valence-corrected chi connectivity index (χ4v) is 5.96. The standard InChI is InChI=1S/C29H28S/c1-19-8-14-23-24-15-9-20(2)18-26(24)29(25(23)17-19,27-7-6-16-30-27)22-12-10-21(11-13-22)28(3,4)5/h6-18H,1-5H3.